The first-order valence-electron chi connectivity index (χ1n) is 12.8. The first kappa shape index (κ1) is 23.7. The summed E-state index contributed by atoms with van der Waals surface area (Å²) in [5, 5.41) is 36.8. The molecule has 196 valence electrons. The molecule has 3 heterocycles. The molecule has 0 unspecified atom stereocenters. The highest BCUT2D eigenvalue weighted by Gasteiger charge is 2.45. The van der Waals surface area contributed by atoms with E-state index in [4.69, 9.17) is 4.74 Å². The second-order valence-electron chi connectivity index (χ2n) is 10.2. The Bertz CT molecular complexity index is 1960. The summed E-state index contributed by atoms with van der Waals surface area (Å²) in [7, 11) is 0. The number of aliphatic hydroxyl groups is 2. The van der Waals surface area contributed by atoms with Gasteiger partial charge in [0.1, 0.15) is 11.8 Å². The number of aliphatic hydroxyl groups excluding tert-OH is 2. The van der Waals surface area contributed by atoms with Crippen LogP contribution in [0.15, 0.2) is 76.6 Å². The summed E-state index contributed by atoms with van der Waals surface area (Å²) in [5.74, 6) is -0.574. The summed E-state index contributed by atoms with van der Waals surface area (Å²) in [6.45, 7) is 1.41. The molecule has 0 radical (unpaired) electrons. The van der Waals surface area contributed by atoms with Crippen LogP contribution in [-0.4, -0.2) is 53.6 Å². The Balaban J connectivity index is 1.23. The second kappa shape index (κ2) is 8.84. The Kier molecular flexibility index (Phi) is 5.37. The number of ether oxygens (including phenoxy) is 1. The van der Waals surface area contributed by atoms with Crippen LogP contribution in [0.25, 0.3) is 43.6 Å². The van der Waals surface area contributed by atoms with Gasteiger partial charge in [-0.05, 0) is 39.2 Å². The summed E-state index contributed by atoms with van der Waals surface area (Å²) in [6, 6.07) is 18.9. The minimum Gasteiger partial charge on any atom is -0.394 e. The van der Waals surface area contributed by atoms with Crippen molar-refractivity contribution in [3.63, 3.8) is 0 Å². The summed E-state index contributed by atoms with van der Waals surface area (Å²) < 4.78 is 8.64. The van der Waals surface area contributed by atoms with Gasteiger partial charge < -0.3 is 14.9 Å². The normalized spacial score (nSPS) is 21.5. The molecule has 10 nitrogen and oxygen atoms in total. The molecule has 0 amide bonds. The highest BCUT2D eigenvalue weighted by atomic mass is 16.5. The molecule has 1 saturated heterocycles. The fraction of sp³-hybridized carbons (Fsp3) is 0.241. The number of aryl methyl sites for hydroxylation is 1. The van der Waals surface area contributed by atoms with Crippen molar-refractivity contribution in [3.8, 4) is 11.3 Å². The summed E-state index contributed by atoms with van der Waals surface area (Å²) in [5.41, 5.74) is 0.751. The van der Waals surface area contributed by atoms with Gasteiger partial charge in [-0.15, -0.1) is 5.10 Å². The largest absolute Gasteiger partial charge is 0.394 e. The van der Waals surface area contributed by atoms with Gasteiger partial charge in [-0.2, -0.15) is 0 Å². The van der Waals surface area contributed by atoms with E-state index >= 15 is 0 Å². The first-order valence-corrected chi connectivity index (χ1v) is 12.8. The Morgan fingerprint density at radius 3 is 2.46 bits per heavy atom. The molecule has 4 aromatic carbocycles. The van der Waals surface area contributed by atoms with Crippen LogP contribution < -0.4 is 11.2 Å². The van der Waals surface area contributed by atoms with Gasteiger partial charge in [0.25, 0.3) is 5.56 Å². The summed E-state index contributed by atoms with van der Waals surface area (Å²) in [6.07, 6.45) is 0.235. The predicted molar refractivity (Wildman–Crippen MR) is 146 cm³/mol. The molecule has 4 atom stereocenters. The van der Waals surface area contributed by atoms with E-state index in [-0.39, 0.29) is 13.2 Å². The highest BCUT2D eigenvalue weighted by Crippen LogP contribution is 2.39. The lowest BCUT2D eigenvalue weighted by Crippen LogP contribution is -2.38. The molecule has 6 aromatic rings. The van der Waals surface area contributed by atoms with Crippen molar-refractivity contribution in [2.45, 2.75) is 31.9 Å². The van der Waals surface area contributed by atoms with Crippen LogP contribution in [0.5, 0.6) is 0 Å². The van der Waals surface area contributed by atoms with Gasteiger partial charge in [0, 0.05) is 23.2 Å². The van der Waals surface area contributed by atoms with Crippen molar-refractivity contribution in [2.24, 2.45) is 5.92 Å². The molecule has 39 heavy (non-hydrogen) atoms. The number of nitrogens with zero attached hydrogens (tertiary/aromatic N) is 4. The van der Waals surface area contributed by atoms with Crippen LogP contribution in [0.2, 0.25) is 0 Å². The number of H-pyrrole nitrogens is 1. The van der Waals surface area contributed by atoms with Gasteiger partial charge in [-0.1, -0.05) is 59.8 Å². The van der Waals surface area contributed by atoms with Gasteiger partial charge in [0.2, 0.25) is 0 Å². The third kappa shape index (κ3) is 3.68. The number of hydrogen-bond donors (Lipinski definition) is 3. The average molecular weight is 524 g/mol. The van der Waals surface area contributed by atoms with Crippen molar-refractivity contribution in [1.29, 1.82) is 0 Å². The van der Waals surface area contributed by atoms with Crippen LogP contribution in [0.1, 0.15) is 11.8 Å². The van der Waals surface area contributed by atoms with E-state index in [1.54, 1.807) is 11.6 Å². The maximum absolute atomic E-state index is 12.4. The molecule has 1 aliphatic rings. The monoisotopic (exact) mass is 523 g/mol. The molecule has 1 aliphatic heterocycles. The van der Waals surface area contributed by atoms with Gasteiger partial charge >= 0.3 is 5.69 Å². The van der Waals surface area contributed by atoms with E-state index in [0.717, 1.165) is 20.9 Å². The zero-order chi connectivity index (χ0) is 26.8. The van der Waals surface area contributed by atoms with Crippen molar-refractivity contribution in [1.82, 2.24) is 24.5 Å². The highest BCUT2D eigenvalue weighted by molar-refractivity contribution is 6.25. The molecule has 0 aliphatic carbocycles. The SMILES string of the molecule is Cc1cn([C@@H]2O[C@H](CO)[C@@H](Cn3cc(-c4ccc5ccc6cccc7ccc4c5c67)nn3)[C@H]2O)c(=O)[nH]c1=O. The molecule has 1 fully saturated rings. The predicted octanol–water partition coefficient (Wildman–Crippen LogP) is 2.57. The van der Waals surface area contributed by atoms with E-state index < -0.39 is 35.6 Å². The average Bonchev–Trinajstić information content (AvgIpc) is 3.54. The second-order valence-corrected chi connectivity index (χ2v) is 10.2. The first-order chi connectivity index (χ1) is 18.9. The zero-order valence-corrected chi connectivity index (χ0v) is 21.0. The lowest BCUT2D eigenvalue weighted by molar-refractivity contribution is -0.0537. The van der Waals surface area contributed by atoms with Crippen molar-refractivity contribution in [3.05, 3.63) is 93.4 Å². The maximum atomic E-state index is 12.4. The lowest BCUT2D eigenvalue weighted by atomic mass is 9.91. The van der Waals surface area contributed by atoms with Crippen molar-refractivity contribution in [2.75, 3.05) is 6.61 Å². The molecule has 0 spiro atoms. The van der Waals surface area contributed by atoms with Crippen molar-refractivity contribution >= 4 is 32.3 Å². The van der Waals surface area contributed by atoms with Crippen LogP contribution in [-0.2, 0) is 11.3 Å². The van der Waals surface area contributed by atoms with Gasteiger partial charge in [-0.3, -0.25) is 19.0 Å². The summed E-state index contributed by atoms with van der Waals surface area (Å²) >= 11 is 0. The molecule has 10 heteroatoms. The fourth-order valence-corrected chi connectivity index (χ4v) is 5.89. The van der Waals surface area contributed by atoms with Crippen LogP contribution >= 0.6 is 0 Å². The fourth-order valence-electron chi connectivity index (χ4n) is 5.89. The quantitative estimate of drug-likeness (QED) is 0.296. The van der Waals surface area contributed by atoms with Crippen LogP contribution in [0.3, 0.4) is 0 Å². The van der Waals surface area contributed by atoms with Crippen LogP contribution in [0, 0.1) is 12.8 Å². The Hall–Kier alpha value is -4.38. The molecule has 3 N–H and O–H groups in total. The third-order valence-electron chi connectivity index (χ3n) is 7.86. The molecular weight excluding hydrogens is 498 g/mol. The van der Waals surface area contributed by atoms with Gasteiger partial charge in [-0.25, -0.2) is 4.79 Å². The van der Waals surface area contributed by atoms with E-state index in [1.165, 1.54) is 27.7 Å². The standard InChI is InChI=1S/C29H25N5O5/c1-15-11-34(29(38)30-27(15)37)28-26(36)21(23(14-35)39-28)12-33-13-22(31-32-33)19-9-7-18-6-5-16-3-2-4-17-8-10-20(19)25(18)24(16)17/h2-11,13,21,23,26,28,35-36H,12,14H2,1H3,(H,30,37,38)/t21-,23-,26-,28-/m1/s1. The lowest BCUT2D eigenvalue weighted by Gasteiger charge is -2.19. The number of nitrogens with one attached hydrogen (secondary N) is 1. The van der Waals surface area contributed by atoms with Gasteiger partial charge in [0.15, 0.2) is 6.23 Å². The minimum atomic E-state index is -1.13. The van der Waals surface area contributed by atoms with E-state index in [2.05, 4.69) is 63.8 Å². The number of rotatable bonds is 5. The van der Waals surface area contributed by atoms with E-state index in [0.29, 0.717) is 11.3 Å². The van der Waals surface area contributed by atoms with Crippen LogP contribution in [0.4, 0.5) is 0 Å². The minimum absolute atomic E-state index is 0.207. The molecule has 0 bridgehead atoms. The zero-order valence-electron chi connectivity index (χ0n) is 21.0. The molecule has 7 rings (SSSR count). The molecule has 2 aromatic heterocycles. The number of aromatic nitrogens is 5. The Morgan fingerprint density at radius 1 is 0.974 bits per heavy atom. The number of benzene rings is 4. The number of hydrogen-bond acceptors (Lipinski definition) is 7. The molecule has 0 saturated carbocycles. The van der Waals surface area contributed by atoms with E-state index in [9.17, 15) is 19.8 Å². The Labute approximate surface area is 221 Å². The maximum Gasteiger partial charge on any atom is 0.330 e. The van der Waals surface area contributed by atoms with Gasteiger partial charge in [0.05, 0.1) is 25.5 Å². The molecular formula is C29H25N5O5. The number of aromatic amines is 1. The third-order valence-corrected chi connectivity index (χ3v) is 7.86. The summed E-state index contributed by atoms with van der Waals surface area (Å²) in [4.78, 5) is 26.4. The smallest absolute Gasteiger partial charge is 0.330 e. The van der Waals surface area contributed by atoms with Crippen molar-refractivity contribution < 1.29 is 14.9 Å². The Morgan fingerprint density at radius 2 is 1.69 bits per heavy atom. The topological polar surface area (TPSA) is 135 Å². The van der Waals surface area contributed by atoms with E-state index in [1.807, 2.05) is 12.3 Å².